The molecule has 0 aliphatic rings. The number of aryl methyl sites for hydroxylation is 1. The lowest BCUT2D eigenvalue weighted by atomic mass is 10.0. The van der Waals surface area contributed by atoms with Crippen molar-refractivity contribution in [2.75, 3.05) is 0 Å². The van der Waals surface area contributed by atoms with Crippen LogP contribution in [0.15, 0.2) is 23.1 Å². The van der Waals surface area contributed by atoms with Crippen LogP contribution in [0.3, 0.4) is 0 Å². The summed E-state index contributed by atoms with van der Waals surface area (Å²) < 4.78 is 32.6. The summed E-state index contributed by atoms with van der Waals surface area (Å²) in [7, 11) is -4.13. The van der Waals surface area contributed by atoms with E-state index in [-0.39, 0.29) is 4.90 Å². The molecule has 0 radical (unpaired) electrons. The van der Waals surface area contributed by atoms with Crippen molar-refractivity contribution in [3.63, 3.8) is 0 Å². The normalized spacial score (nSPS) is 11.9. The van der Waals surface area contributed by atoms with Crippen LogP contribution in [0.5, 0.6) is 0 Å². The van der Waals surface area contributed by atoms with Gasteiger partial charge in [-0.1, -0.05) is 154 Å². The fourth-order valence-corrected chi connectivity index (χ4v) is 5.97. The number of benzene rings is 1. The molecule has 1 rings (SSSR count). The molecule has 0 spiro atoms. The quantitative estimate of drug-likeness (QED) is 0.112. The van der Waals surface area contributed by atoms with Gasteiger partial charge in [0, 0.05) is 0 Å². The van der Waals surface area contributed by atoms with Crippen LogP contribution in [0.2, 0.25) is 0 Å². The largest absolute Gasteiger partial charge is 0.294 e. The highest BCUT2D eigenvalue weighted by Crippen LogP contribution is 2.22. The summed E-state index contributed by atoms with van der Waals surface area (Å²) in [6, 6.07) is 5.12. The topological polar surface area (TPSA) is 54.4 Å². The lowest BCUT2D eigenvalue weighted by Gasteiger charge is -2.10. The maximum absolute atomic E-state index is 11.6. The highest BCUT2D eigenvalue weighted by molar-refractivity contribution is 7.85. The zero-order valence-corrected chi connectivity index (χ0v) is 24.0. The van der Waals surface area contributed by atoms with E-state index in [0.29, 0.717) is 0 Å². The maximum Gasteiger partial charge on any atom is 0.294 e. The van der Waals surface area contributed by atoms with Gasteiger partial charge in [0.2, 0.25) is 0 Å². The molecule has 0 unspecified atom stereocenters. The summed E-state index contributed by atoms with van der Waals surface area (Å²) in [5.41, 5.74) is 1.73. The predicted molar refractivity (Wildman–Crippen MR) is 152 cm³/mol. The van der Waals surface area contributed by atoms with Crippen molar-refractivity contribution in [1.82, 2.24) is 0 Å². The van der Waals surface area contributed by atoms with E-state index < -0.39 is 10.1 Å². The molecule has 3 nitrogen and oxygen atoms in total. The second-order valence-electron chi connectivity index (χ2n) is 10.7. The zero-order chi connectivity index (χ0) is 25.6. The second-order valence-corrected chi connectivity index (χ2v) is 12.1. The summed E-state index contributed by atoms with van der Waals surface area (Å²) in [5.74, 6) is 0. The van der Waals surface area contributed by atoms with Gasteiger partial charge in [0.25, 0.3) is 10.1 Å². The molecule has 4 heteroatoms. The molecule has 0 aliphatic heterocycles. The Bertz CT molecular complexity index is 727. The molecule has 0 atom stereocenters. The van der Waals surface area contributed by atoms with E-state index in [1.165, 1.54) is 134 Å². The fraction of sp³-hybridized carbons (Fsp3) is 0.806. The molecule has 0 fully saturated rings. The Morgan fingerprint density at radius 2 is 0.914 bits per heavy atom. The molecule has 0 heterocycles. The van der Waals surface area contributed by atoms with E-state index in [4.69, 9.17) is 0 Å². The van der Waals surface area contributed by atoms with Gasteiger partial charge in [-0.3, -0.25) is 4.55 Å². The van der Waals surface area contributed by atoms with E-state index in [9.17, 15) is 13.0 Å². The lowest BCUT2D eigenvalue weighted by molar-refractivity contribution is 0.481. The van der Waals surface area contributed by atoms with E-state index in [1.54, 1.807) is 6.07 Å². The van der Waals surface area contributed by atoms with Crippen LogP contribution >= 0.6 is 0 Å². The van der Waals surface area contributed by atoms with Gasteiger partial charge in [0.15, 0.2) is 0 Å². The van der Waals surface area contributed by atoms with Gasteiger partial charge < -0.3 is 0 Å². The molecule has 1 N–H and O–H groups in total. The minimum Gasteiger partial charge on any atom is -0.282 e. The third-order valence-corrected chi connectivity index (χ3v) is 8.36. The number of unbranched alkanes of at least 4 members (excludes halogenated alkanes) is 21. The maximum atomic E-state index is 11.6. The molecule has 0 aliphatic carbocycles. The van der Waals surface area contributed by atoms with Gasteiger partial charge in [-0.2, -0.15) is 8.42 Å². The predicted octanol–water partition coefficient (Wildman–Crippen LogP) is 10.4. The molecule has 0 amide bonds. The SMILES string of the molecule is CCCCCCCCCCCCCCCCCCCCCCCCc1c(C)cccc1S(=O)(=O)O. The summed E-state index contributed by atoms with van der Waals surface area (Å²) in [6.07, 6.45) is 30.8. The van der Waals surface area contributed by atoms with Crippen LogP contribution in [-0.2, 0) is 16.5 Å². The van der Waals surface area contributed by atoms with Crippen LogP contribution in [0.4, 0.5) is 0 Å². The third kappa shape index (κ3) is 17.3. The summed E-state index contributed by atoms with van der Waals surface area (Å²) >= 11 is 0. The first-order valence-corrected chi connectivity index (χ1v) is 16.5. The van der Waals surface area contributed by atoms with Crippen LogP contribution in [0.1, 0.15) is 159 Å². The van der Waals surface area contributed by atoms with Crippen molar-refractivity contribution in [1.29, 1.82) is 0 Å². The first-order valence-electron chi connectivity index (χ1n) is 15.0. The minimum atomic E-state index is -4.13. The number of hydrogen-bond donors (Lipinski definition) is 1. The minimum absolute atomic E-state index is 0.0843. The van der Waals surface area contributed by atoms with Gasteiger partial charge in [-0.25, -0.2) is 0 Å². The lowest BCUT2D eigenvalue weighted by Crippen LogP contribution is -2.05. The van der Waals surface area contributed by atoms with Crippen molar-refractivity contribution in [2.45, 2.75) is 166 Å². The van der Waals surface area contributed by atoms with Crippen LogP contribution in [-0.4, -0.2) is 13.0 Å². The Labute approximate surface area is 218 Å². The standard InChI is InChI=1S/C31H56O3S/c1-3-4-5-6-7-8-9-10-11-12-13-14-15-16-17-18-19-20-21-22-23-24-27-30-29(2)26-25-28-31(30)35(32,33)34/h25-26,28H,3-24,27H2,1-2H3,(H,32,33,34). The molecule has 0 saturated heterocycles. The Morgan fingerprint density at radius 3 is 1.26 bits per heavy atom. The molecule has 0 aromatic heterocycles. The van der Waals surface area contributed by atoms with Gasteiger partial charge in [-0.15, -0.1) is 0 Å². The van der Waals surface area contributed by atoms with Crippen molar-refractivity contribution in [2.24, 2.45) is 0 Å². The van der Waals surface area contributed by atoms with Crippen LogP contribution in [0.25, 0.3) is 0 Å². The molecular formula is C31H56O3S. The van der Waals surface area contributed by atoms with Gasteiger partial charge in [-0.05, 0) is 37.0 Å². The van der Waals surface area contributed by atoms with Crippen molar-refractivity contribution in [3.05, 3.63) is 29.3 Å². The third-order valence-electron chi connectivity index (χ3n) is 7.43. The van der Waals surface area contributed by atoms with E-state index in [0.717, 1.165) is 30.4 Å². The Morgan fingerprint density at radius 1 is 0.571 bits per heavy atom. The monoisotopic (exact) mass is 508 g/mol. The number of hydrogen-bond acceptors (Lipinski definition) is 2. The molecule has 0 saturated carbocycles. The summed E-state index contributed by atoms with van der Waals surface area (Å²) in [6.45, 7) is 4.21. The Balaban J connectivity index is 1.84. The van der Waals surface area contributed by atoms with Crippen molar-refractivity contribution in [3.8, 4) is 0 Å². The second kappa shape index (κ2) is 21.2. The van der Waals surface area contributed by atoms with Gasteiger partial charge in [0.05, 0.1) is 4.90 Å². The first-order chi connectivity index (χ1) is 17.0. The average molecular weight is 509 g/mol. The van der Waals surface area contributed by atoms with E-state index in [2.05, 4.69) is 6.92 Å². The van der Waals surface area contributed by atoms with E-state index in [1.807, 2.05) is 13.0 Å². The van der Waals surface area contributed by atoms with Crippen molar-refractivity contribution >= 4 is 10.1 Å². The fourth-order valence-electron chi connectivity index (χ4n) is 5.15. The van der Waals surface area contributed by atoms with E-state index >= 15 is 0 Å². The van der Waals surface area contributed by atoms with Crippen LogP contribution < -0.4 is 0 Å². The smallest absolute Gasteiger partial charge is 0.282 e. The molecule has 204 valence electrons. The molecule has 0 bridgehead atoms. The van der Waals surface area contributed by atoms with Crippen molar-refractivity contribution < 1.29 is 13.0 Å². The van der Waals surface area contributed by atoms with Gasteiger partial charge >= 0.3 is 0 Å². The Hall–Kier alpha value is -0.870. The molecular weight excluding hydrogens is 452 g/mol. The Kier molecular flexibility index (Phi) is 19.5. The summed E-state index contributed by atoms with van der Waals surface area (Å²) in [4.78, 5) is 0.0843. The first kappa shape index (κ1) is 32.2. The zero-order valence-electron chi connectivity index (χ0n) is 23.2. The molecule has 35 heavy (non-hydrogen) atoms. The number of rotatable bonds is 24. The highest BCUT2D eigenvalue weighted by atomic mass is 32.2. The molecule has 1 aromatic carbocycles. The highest BCUT2D eigenvalue weighted by Gasteiger charge is 2.16. The van der Waals surface area contributed by atoms with Crippen LogP contribution in [0, 0.1) is 6.92 Å². The summed E-state index contributed by atoms with van der Waals surface area (Å²) in [5, 5.41) is 0. The molecule has 1 aromatic rings. The average Bonchev–Trinajstić information content (AvgIpc) is 2.82. The van der Waals surface area contributed by atoms with Gasteiger partial charge in [0.1, 0.15) is 0 Å².